The molecular weight excluding hydrogens is 376 g/mol. The van der Waals surface area contributed by atoms with Crippen molar-refractivity contribution in [1.29, 1.82) is 0 Å². The molecule has 0 bridgehead atoms. The summed E-state index contributed by atoms with van der Waals surface area (Å²) in [6.45, 7) is 6.70. The molecule has 1 N–H and O–H groups in total. The molecule has 8 heteroatoms. The maximum atomic E-state index is 12.8. The summed E-state index contributed by atoms with van der Waals surface area (Å²) in [6.07, 6.45) is 2.82. The summed E-state index contributed by atoms with van der Waals surface area (Å²) >= 11 is 6.16. The summed E-state index contributed by atoms with van der Waals surface area (Å²) in [5.74, 6) is -0.231. The second-order valence-electron chi connectivity index (χ2n) is 7.51. The molecular formula is C18H27ClN2O4S. The quantitative estimate of drug-likeness (QED) is 0.793. The van der Waals surface area contributed by atoms with Gasteiger partial charge in [-0.15, -0.1) is 0 Å². The third-order valence-electron chi connectivity index (χ3n) is 3.98. The second-order valence-corrected chi connectivity index (χ2v) is 9.85. The summed E-state index contributed by atoms with van der Waals surface area (Å²) in [5, 5.41) is 3.21. The number of halogens is 1. The molecule has 26 heavy (non-hydrogen) atoms. The number of ether oxygens (including phenoxy) is 1. The van der Waals surface area contributed by atoms with Crippen molar-refractivity contribution >= 4 is 27.5 Å². The number of nitrogens with one attached hydrogen (secondary N) is 1. The Morgan fingerprint density at radius 3 is 2.50 bits per heavy atom. The predicted octanol–water partition coefficient (Wildman–Crippen LogP) is 2.95. The Labute approximate surface area is 160 Å². The molecule has 1 aromatic rings. The molecule has 6 nitrogen and oxygen atoms in total. The minimum absolute atomic E-state index is 0.0692. The van der Waals surface area contributed by atoms with Gasteiger partial charge in [-0.3, -0.25) is 4.79 Å². The van der Waals surface area contributed by atoms with Gasteiger partial charge in [-0.05, 0) is 57.4 Å². The van der Waals surface area contributed by atoms with Crippen molar-refractivity contribution in [2.45, 2.75) is 57.1 Å². The number of rotatable bonds is 6. The van der Waals surface area contributed by atoms with Crippen molar-refractivity contribution in [3.8, 4) is 0 Å². The van der Waals surface area contributed by atoms with Gasteiger partial charge in [0.05, 0.1) is 11.5 Å². The Morgan fingerprint density at radius 1 is 1.23 bits per heavy atom. The van der Waals surface area contributed by atoms with E-state index in [2.05, 4.69) is 5.32 Å². The van der Waals surface area contributed by atoms with Crippen LogP contribution in [0.15, 0.2) is 23.1 Å². The van der Waals surface area contributed by atoms with E-state index in [0.717, 1.165) is 19.3 Å². The average Bonchev–Trinajstić information content (AvgIpc) is 2.55. The molecule has 1 amide bonds. The Bertz CT molecular complexity index is 738. The number of carbonyl (C=O) groups is 1. The zero-order chi connectivity index (χ0) is 19.4. The highest BCUT2D eigenvalue weighted by molar-refractivity contribution is 7.89. The van der Waals surface area contributed by atoms with Gasteiger partial charge in [-0.25, -0.2) is 8.42 Å². The number of piperidine rings is 1. The lowest BCUT2D eigenvalue weighted by molar-refractivity contribution is -0.127. The molecule has 1 aliphatic heterocycles. The summed E-state index contributed by atoms with van der Waals surface area (Å²) in [7, 11) is -3.53. The van der Waals surface area contributed by atoms with Gasteiger partial charge in [0.1, 0.15) is 6.61 Å². The largest absolute Gasteiger partial charge is 0.367 e. The summed E-state index contributed by atoms with van der Waals surface area (Å²) < 4.78 is 32.5. The summed E-state index contributed by atoms with van der Waals surface area (Å²) in [5.41, 5.74) is 0.217. The lowest BCUT2D eigenvalue weighted by atomic mass is 10.1. The molecule has 2 rings (SSSR count). The van der Waals surface area contributed by atoms with Gasteiger partial charge in [-0.1, -0.05) is 18.0 Å². The highest BCUT2D eigenvalue weighted by Gasteiger charge is 2.26. The molecule has 0 aromatic heterocycles. The maximum Gasteiger partial charge on any atom is 0.246 e. The van der Waals surface area contributed by atoms with Gasteiger partial charge >= 0.3 is 0 Å². The number of sulfonamides is 1. The van der Waals surface area contributed by atoms with E-state index in [1.54, 1.807) is 6.07 Å². The number of benzene rings is 1. The van der Waals surface area contributed by atoms with Crippen molar-refractivity contribution in [3.05, 3.63) is 28.8 Å². The fourth-order valence-corrected chi connectivity index (χ4v) is 4.52. The van der Waals surface area contributed by atoms with Crippen LogP contribution in [-0.2, 0) is 26.2 Å². The van der Waals surface area contributed by atoms with Gasteiger partial charge < -0.3 is 10.1 Å². The summed E-state index contributed by atoms with van der Waals surface area (Å²) in [4.78, 5) is 12.0. The minimum atomic E-state index is -3.53. The molecule has 1 aromatic carbocycles. The maximum absolute atomic E-state index is 12.8. The second kappa shape index (κ2) is 8.69. The number of hydrogen-bond donors (Lipinski definition) is 1. The first-order valence-electron chi connectivity index (χ1n) is 8.77. The Hall–Kier alpha value is -1.15. The Kier molecular flexibility index (Phi) is 7.07. The molecule has 0 aliphatic carbocycles. The van der Waals surface area contributed by atoms with Crippen LogP contribution >= 0.6 is 11.6 Å². The lowest BCUT2D eigenvalue weighted by Gasteiger charge is -2.26. The third kappa shape index (κ3) is 5.94. The van der Waals surface area contributed by atoms with Crippen LogP contribution in [0.2, 0.25) is 5.02 Å². The molecule has 0 atom stereocenters. The van der Waals surface area contributed by atoms with Crippen LogP contribution < -0.4 is 5.32 Å². The molecule has 0 spiro atoms. The third-order valence-corrected chi connectivity index (χ3v) is 6.24. The van der Waals surface area contributed by atoms with Crippen LogP contribution in [0.1, 0.15) is 45.6 Å². The average molecular weight is 403 g/mol. The van der Waals surface area contributed by atoms with E-state index in [4.69, 9.17) is 16.3 Å². The van der Waals surface area contributed by atoms with Gasteiger partial charge in [0, 0.05) is 23.7 Å². The van der Waals surface area contributed by atoms with Crippen LogP contribution in [0.5, 0.6) is 0 Å². The highest BCUT2D eigenvalue weighted by Crippen LogP contribution is 2.25. The molecule has 1 aliphatic rings. The zero-order valence-electron chi connectivity index (χ0n) is 15.5. The molecule has 1 heterocycles. The van der Waals surface area contributed by atoms with Crippen molar-refractivity contribution in [2.75, 3.05) is 19.7 Å². The smallest absolute Gasteiger partial charge is 0.246 e. The van der Waals surface area contributed by atoms with Crippen LogP contribution in [0.25, 0.3) is 0 Å². The predicted molar refractivity (Wildman–Crippen MR) is 102 cm³/mol. The molecule has 0 radical (unpaired) electrons. The lowest BCUT2D eigenvalue weighted by Crippen LogP contribution is -2.42. The van der Waals surface area contributed by atoms with Crippen LogP contribution in [0, 0.1) is 0 Å². The molecule has 1 saturated heterocycles. The van der Waals surface area contributed by atoms with Gasteiger partial charge in [-0.2, -0.15) is 4.31 Å². The van der Waals surface area contributed by atoms with Gasteiger partial charge in [0.15, 0.2) is 0 Å². The van der Waals surface area contributed by atoms with E-state index >= 15 is 0 Å². The van der Waals surface area contributed by atoms with Crippen molar-refractivity contribution < 1.29 is 17.9 Å². The van der Waals surface area contributed by atoms with Crippen LogP contribution in [-0.4, -0.2) is 43.9 Å². The SMILES string of the molecule is CC(C)(C)NC(=O)COCc1cc(S(=O)(=O)N2CCCCC2)ccc1Cl. The van der Waals surface area contributed by atoms with Crippen LogP contribution in [0.3, 0.4) is 0 Å². The van der Waals surface area contributed by atoms with Gasteiger partial charge in [0.25, 0.3) is 0 Å². The standard InChI is InChI=1S/C18H27ClN2O4S/c1-18(2,3)20-17(22)13-25-12-14-11-15(7-8-16(14)19)26(23,24)21-9-5-4-6-10-21/h7-8,11H,4-6,9-10,12-13H2,1-3H3,(H,20,22). The fraction of sp³-hybridized carbons (Fsp3) is 0.611. The first kappa shape index (κ1) is 21.2. The van der Waals surface area contributed by atoms with E-state index in [1.165, 1.54) is 16.4 Å². The molecule has 1 fully saturated rings. The Balaban J connectivity index is 2.04. The number of carbonyl (C=O) groups excluding carboxylic acids is 1. The fourth-order valence-electron chi connectivity index (χ4n) is 2.78. The summed E-state index contributed by atoms with van der Waals surface area (Å²) in [6, 6.07) is 4.61. The van der Waals surface area contributed by atoms with E-state index in [-0.39, 0.29) is 29.6 Å². The van der Waals surface area contributed by atoms with E-state index in [0.29, 0.717) is 23.7 Å². The normalized spacial score (nSPS) is 16.5. The molecule has 146 valence electrons. The van der Waals surface area contributed by atoms with Gasteiger partial charge in [0.2, 0.25) is 15.9 Å². The highest BCUT2D eigenvalue weighted by atomic mass is 35.5. The number of nitrogens with zero attached hydrogens (tertiary/aromatic N) is 1. The first-order valence-corrected chi connectivity index (χ1v) is 10.6. The number of amides is 1. The monoisotopic (exact) mass is 402 g/mol. The van der Waals surface area contributed by atoms with Crippen molar-refractivity contribution in [1.82, 2.24) is 9.62 Å². The van der Waals surface area contributed by atoms with E-state index in [1.807, 2.05) is 20.8 Å². The molecule has 0 unspecified atom stereocenters. The van der Waals surface area contributed by atoms with Crippen molar-refractivity contribution in [2.24, 2.45) is 0 Å². The molecule has 0 saturated carbocycles. The van der Waals surface area contributed by atoms with Crippen molar-refractivity contribution in [3.63, 3.8) is 0 Å². The first-order chi connectivity index (χ1) is 12.1. The number of hydrogen-bond acceptors (Lipinski definition) is 4. The zero-order valence-corrected chi connectivity index (χ0v) is 17.1. The topological polar surface area (TPSA) is 75.7 Å². The van der Waals surface area contributed by atoms with Crippen LogP contribution in [0.4, 0.5) is 0 Å². The van der Waals surface area contributed by atoms with E-state index in [9.17, 15) is 13.2 Å². The Morgan fingerprint density at radius 2 is 1.88 bits per heavy atom. The minimum Gasteiger partial charge on any atom is -0.367 e. The van der Waals surface area contributed by atoms with E-state index < -0.39 is 10.0 Å².